The Morgan fingerprint density at radius 3 is 2.26 bits per heavy atom. The predicted octanol–water partition coefficient (Wildman–Crippen LogP) is 4.99. The van der Waals surface area contributed by atoms with E-state index in [-0.39, 0.29) is 0 Å². The Morgan fingerprint density at radius 1 is 0.852 bits per heavy atom. The molecule has 1 aliphatic rings. The number of hydrogen-bond acceptors (Lipinski definition) is 3. The van der Waals surface area contributed by atoms with Gasteiger partial charge in [-0.2, -0.15) is 0 Å². The Balaban J connectivity index is 1.68. The molecule has 0 saturated heterocycles. The number of amidine groups is 1. The quantitative estimate of drug-likeness (QED) is 0.657. The summed E-state index contributed by atoms with van der Waals surface area (Å²) in [6.07, 6.45) is 0. The molecule has 27 heavy (non-hydrogen) atoms. The Labute approximate surface area is 161 Å². The highest BCUT2D eigenvalue weighted by Gasteiger charge is 2.24. The summed E-state index contributed by atoms with van der Waals surface area (Å²) >= 11 is 0. The van der Waals surface area contributed by atoms with Crippen LogP contribution >= 0.6 is 0 Å². The average molecular weight is 355 g/mol. The third-order valence-electron chi connectivity index (χ3n) is 4.94. The molecule has 0 unspecified atom stereocenters. The van der Waals surface area contributed by atoms with Crippen molar-refractivity contribution < 1.29 is 0 Å². The van der Waals surface area contributed by atoms with Gasteiger partial charge in [0.2, 0.25) is 0 Å². The van der Waals surface area contributed by atoms with E-state index >= 15 is 0 Å². The number of aliphatic imine (C=N–C) groups is 1. The number of aryl methyl sites for hydroxylation is 2. The molecule has 1 aliphatic heterocycles. The van der Waals surface area contributed by atoms with Crippen molar-refractivity contribution in [1.82, 2.24) is 4.90 Å². The Morgan fingerprint density at radius 2 is 1.56 bits per heavy atom. The molecule has 0 saturated carbocycles. The number of rotatable bonds is 4. The van der Waals surface area contributed by atoms with Crippen molar-refractivity contribution >= 4 is 11.5 Å². The van der Waals surface area contributed by atoms with Crippen molar-refractivity contribution in [2.45, 2.75) is 20.4 Å². The molecule has 1 heterocycles. The maximum atomic E-state index is 4.97. The first-order valence-corrected chi connectivity index (χ1v) is 9.41. The maximum absolute atomic E-state index is 4.97. The van der Waals surface area contributed by atoms with E-state index in [9.17, 15) is 0 Å². The Hall–Kier alpha value is -2.91. The van der Waals surface area contributed by atoms with Crippen LogP contribution in [0, 0.1) is 13.8 Å². The fraction of sp³-hybridized carbons (Fsp3) is 0.208. The van der Waals surface area contributed by atoms with Gasteiger partial charge in [-0.15, -0.1) is 0 Å². The van der Waals surface area contributed by atoms with Gasteiger partial charge in [-0.25, -0.2) is 0 Å². The van der Waals surface area contributed by atoms with Crippen LogP contribution in [-0.2, 0) is 6.54 Å². The molecule has 0 amide bonds. The molecule has 3 nitrogen and oxygen atoms in total. The minimum Gasteiger partial charge on any atom is -0.312 e. The van der Waals surface area contributed by atoms with Crippen molar-refractivity contribution in [2.75, 3.05) is 18.2 Å². The molecule has 0 aromatic heterocycles. The second kappa shape index (κ2) is 7.77. The van der Waals surface area contributed by atoms with Gasteiger partial charge in [0.15, 0.2) is 0 Å². The summed E-state index contributed by atoms with van der Waals surface area (Å²) in [6, 6.07) is 27.7. The molecule has 136 valence electrons. The van der Waals surface area contributed by atoms with Gasteiger partial charge in [-0.3, -0.25) is 9.89 Å². The second-order valence-corrected chi connectivity index (χ2v) is 7.16. The van der Waals surface area contributed by atoms with E-state index in [2.05, 4.69) is 103 Å². The van der Waals surface area contributed by atoms with E-state index in [0.717, 1.165) is 24.6 Å². The fourth-order valence-electron chi connectivity index (χ4n) is 3.64. The molecule has 3 aromatic carbocycles. The van der Waals surface area contributed by atoms with Crippen molar-refractivity contribution in [2.24, 2.45) is 4.99 Å². The normalized spacial score (nSPS) is 14.9. The maximum Gasteiger partial charge on any atom is 0.137 e. The summed E-state index contributed by atoms with van der Waals surface area (Å²) in [5.74, 6) is 1.05. The molecule has 0 fully saturated rings. The molecule has 0 atom stereocenters. The van der Waals surface area contributed by atoms with Crippen LogP contribution in [0.3, 0.4) is 0 Å². The van der Waals surface area contributed by atoms with Crippen molar-refractivity contribution in [3.63, 3.8) is 0 Å². The summed E-state index contributed by atoms with van der Waals surface area (Å²) in [5.41, 5.74) is 6.27. The van der Waals surface area contributed by atoms with E-state index in [4.69, 9.17) is 4.99 Å². The lowest BCUT2D eigenvalue weighted by molar-refractivity contribution is 0.273. The topological polar surface area (TPSA) is 18.8 Å². The van der Waals surface area contributed by atoms with Gasteiger partial charge in [0.1, 0.15) is 5.84 Å². The lowest BCUT2D eigenvalue weighted by Crippen LogP contribution is -2.46. The largest absolute Gasteiger partial charge is 0.312 e. The van der Waals surface area contributed by atoms with Crippen molar-refractivity contribution in [3.8, 4) is 0 Å². The average Bonchev–Trinajstić information content (AvgIpc) is 2.69. The van der Waals surface area contributed by atoms with Crippen LogP contribution in [-0.4, -0.2) is 24.1 Å². The van der Waals surface area contributed by atoms with Crippen LogP contribution in [0.25, 0.3) is 0 Å². The van der Waals surface area contributed by atoms with Crippen LogP contribution in [0.15, 0.2) is 83.9 Å². The monoisotopic (exact) mass is 355 g/mol. The first-order valence-electron chi connectivity index (χ1n) is 9.41. The third-order valence-corrected chi connectivity index (χ3v) is 4.94. The first kappa shape index (κ1) is 17.5. The smallest absolute Gasteiger partial charge is 0.137 e. The summed E-state index contributed by atoms with van der Waals surface area (Å²) < 4.78 is 0. The number of anilines is 1. The highest BCUT2D eigenvalue weighted by atomic mass is 15.4. The predicted molar refractivity (Wildman–Crippen MR) is 113 cm³/mol. The lowest BCUT2D eigenvalue weighted by Gasteiger charge is -2.37. The van der Waals surface area contributed by atoms with Crippen LogP contribution in [0.5, 0.6) is 0 Å². The highest BCUT2D eigenvalue weighted by Crippen LogP contribution is 2.26. The highest BCUT2D eigenvalue weighted by molar-refractivity contribution is 6.10. The SMILES string of the molecule is Cc1ccc(N2CN(Cc3ccccc3)CN=C2c2ccccc2)c(C)c1. The van der Waals surface area contributed by atoms with E-state index in [0.29, 0.717) is 6.67 Å². The molecule has 4 rings (SSSR count). The van der Waals surface area contributed by atoms with Crippen molar-refractivity contribution in [1.29, 1.82) is 0 Å². The van der Waals surface area contributed by atoms with E-state index in [1.54, 1.807) is 0 Å². The minimum absolute atomic E-state index is 0.709. The molecular weight excluding hydrogens is 330 g/mol. The molecule has 0 N–H and O–H groups in total. The summed E-state index contributed by atoms with van der Waals surface area (Å²) in [5, 5.41) is 0. The zero-order valence-electron chi connectivity index (χ0n) is 16.0. The van der Waals surface area contributed by atoms with Gasteiger partial charge in [0.25, 0.3) is 0 Å². The zero-order chi connectivity index (χ0) is 18.6. The molecule has 3 aromatic rings. The number of benzene rings is 3. The minimum atomic E-state index is 0.709. The number of nitrogens with zero attached hydrogens (tertiary/aromatic N) is 3. The van der Waals surface area contributed by atoms with Gasteiger partial charge in [0.05, 0.1) is 13.3 Å². The molecule has 3 heteroatoms. The van der Waals surface area contributed by atoms with Crippen LogP contribution in [0.1, 0.15) is 22.3 Å². The molecule has 0 radical (unpaired) electrons. The van der Waals surface area contributed by atoms with E-state index < -0.39 is 0 Å². The summed E-state index contributed by atoms with van der Waals surface area (Å²) in [6.45, 7) is 6.75. The third kappa shape index (κ3) is 3.93. The summed E-state index contributed by atoms with van der Waals surface area (Å²) in [7, 11) is 0. The van der Waals surface area contributed by atoms with Gasteiger partial charge in [0, 0.05) is 17.8 Å². The van der Waals surface area contributed by atoms with Crippen LogP contribution in [0.2, 0.25) is 0 Å². The van der Waals surface area contributed by atoms with E-state index in [1.807, 2.05) is 0 Å². The zero-order valence-corrected chi connectivity index (χ0v) is 16.0. The van der Waals surface area contributed by atoms with E-state index in [1.165, 1.54) is 22.4 Å². The van der Waals surface area contributed by atoms with Crippen LogP contribution < -0.4 is 4.90 Å². The molecule has 0 spiro atoms. The van der Waals surface area contributed by atoms with Gasteiger partial charge in [-0.05, 0) is 31.0 Å². The summed E-state index contributed by atoms with van der Waals surface area (Å²) in [4.78, 5) is 9.69. The van der Waals surface area contributed by atoms with Crippen LogP contribution in [0.4, 0.5) is 5.69 Å². The Kier molecular flexibility index (Phi) is 5.03. The van der Waals surface area contributed by atoms with Gasteiger partial charge in [-0.1, -0.05) is 78.4 Å². The second-order valence-electron chi connectivity index (χ2n) is 7.16. The molecular formula is C24H25N3. The van der Waals surface area contributed by atoms with Crippen molar-refractivity contribution in [3.05, 3.63) is 101 Å². The van der Waals surface area contributed by atoms with Gasteiger partial charge < -0.3 is 4.90 Å². The molecule has 0 bridgehead atoms. The number of hydrogen-bond donors (Lipinski definition) is 0. The lowest BCUT2D eigenvalue weighted by atomic mass is 10.1. The fourth-order valence-corrected chi connectivity index (χ4v) is 3.64. The first-order chi connectivity index (χ1) is 13.2. The standard InChI is InChI=1S/C24H25N3/c1-19-13-14-23(20(2)15-19)27-18-26(16-21-9-5-3-6-10-21)17-25-24(27)22-11-7-4-8-12-22/h3-15H,16-18H2,1-2H3. The Bertz CT molecular complexity index is 932. The molecule has 0 aliphatic carbocycles. The van der Waals surface area contributed by atoms with Gasteiger partial charge >= 0.3 is 0 Å².